The van der Waals surface area contributed by atoms with Crippen molar-refractivity contribution in [3.8, 4) is 0 Å². The number of hydrazine groups is 1. The first-order valence-electron chi connectivity index (χ1n) is 5.96. The molecular weight excluding hydrogens is 254 g/mol. The highest BCUT2D eigenvalue weighted by molar-refractivity contribution is 5.97. The van der Waals surface area contributed by atoms with Crippen LogP contribution in [0, 0.1) is 0 Å². The Morgan fingerprint density at radius 3 is 2.45 bits per heavy atom. The zero-order chi connectivity index (χ0) is 14.4. The van der Waals surface area contributed by atoms with Gasteiger partial charge in [0.1, 0.15) is 0 Å². The number of anilines is 1. The number of hydrogen-bond donors (Lipinski definition) is 4. The summed E-state index contributed by atoms with van der Waals surface area (Å²) in [5, 5.41) is 2.98. The summed E-state index contributed by atoms with van der Waals surface area (Å²) in [6.45, 7) is 0. The molecule has 1 amide bonds. The fourth-order valence-electron chi connectivity index (χ4n) is 1.61. The molecule has 0 saturated carbocycles. The third-order valence-electron chi connectivity index (χ3n) is 2.54. The lowest BCUT2D eigenvalue weighted by atomic mass is 10.2. The highest BCUT2D eigenvalue weighted by Gasteiger charge is 2.03. The molecule has 0 spiro atoms. The van der Waals surface area contributed by atoms with E-state index in [1.807, 2.05) is 30.3 Å². The van der Waals surface area contributed by atoms with E-state index >= 15 is 0 Å². The van der Waals surface area contributed by atoms with Gasteiger partial charge in [-0.15, -0.1) is 0 Å². The van der Waals surface area contributed by atoms with Crippen LogP contribution in [-0.2, 0) is 0 Å². The molecule has 6 N–H and O–H groups in total. The predicted octanol–water partition coefficient (Wildman–Crippen LogP) is 1.35. The van der Waals surface area contributed by atoms with Gasteiger partial charge in [-0.2, -0.15) is 0 Å². The third-order valence-corrected chi connectivity index (χ3v) is 2.54. The fraction of sp³-hybridized carbons (Fsp3) is 0. The minimum Gasteiger partial charge on any atom is -0.366 e. The quantitative estimate of drug-likeness (QED) is 0.292. The van der Waals surface area contributed by atoms with Crippen molar-refractivity contribution in [3.63, 3.8) is 0 Å². The summed E-state index contributed by atoms with van der Waals surface area (Å²) in [4.78, 5) is 15.4. The van der Waals surface area contributed by atoms with Crippen LogP contribution in [0.25, 0.3) is 0 Å². The number of nitrogens with two attached hydrogens (primary N) is 2. The summed E-state index contributed by atoms with van der Waals surface area (Å²) in [6.07, 6.45) is 0. The van der Waals surface area contributed by atoms with E-state index in [1.54, 1.807) is 24.3 Å². The minimum atomic E-state index is -0.490. The molecule has 0 bridgehead atoms. The van der Waals surface area contributed by atoms with Crippen molar-refractivity contribution < 1.29 is 4.79 Å². The number of para-hydroxylation sites is 1. The molecule has 6 nitrogen and oxygen atoms in total. The number of carbonyl (C=O) groups excluding carboxylic acids is 1. The minimum absolute atomic E-state index is 0.359. The largest absolute Gasteiger partial charge is 0.366 e. The molecule has 0 unspecified atom stereocenters. The van der Waals surface area contributed by atoms with Crippen molar-refractivity contribution in [1.29, 1.82) is 0 Å². The second-order valence-electron chi connectivity index (χ2n) is 4.01. The molecule has 0 aliphatic carbocycles. The second-order valence-corrected chi connectivity index (χ2v) is 4.01. The van der Waals surface area contributed by atoms with Crippen molar-refractivity contribution in [3.05, 3.63) is 60.2 Å². The van der Waals surface area contributed by atoms with Gasteiger partial charge in [0, 0.05) is 11.3 Å². The van der Waals surface area contributed by atoms with E-state index < -0.39 is 5.91 Å². The first-order chi connectivity index (χ1) is 9.69. The molecule has 2 aromatic carbocycles. The molecule has 6 heteroatoms. The van der Waals surface area contributed by atoms with Gasteiger partial charge in [-0.3, -0.25) is 10.2 Å². The number of nitrogens with one attached hydrogen (secondary N) is 2. The number of amides is 1. The number of aliphatic imine (C=N–C) groups is 1. The van der Waals surface area contributed by atoms with E-state index in [9.17, 15) is 4.79 Å². The monoisotopic (exact) mass is 269 g/mol. The molecule has 20 heavy (non-hydrogen) atoms. The van der Waals surface area contributed by atoms with Crippen LogP contribution in [0.15, 0.2) is 59.6 Å². The van der Waals surface area contributed by atoms with E-state index in [0.717, 1.165) is 5.69 Å². The zero-order valence-corrected chi connectivity index (χ0v) is 10.7. The summed E-state index contributed by atoms with van der Waals surface area (Å²) in [7, 11) is 0. The van der Waals surface area contributed by atoms with Gasteiger partial charge < -0.3 is 11.1 Å². The molecule has 2 rings (SSSR count). The van der Waals surface area contributed by atoms with Gasteiger partial charge in [0.05, 0.1) is 5.69 Å². The Hall–Kier alpha value is -2.86. The number of benzene rings is 2. The van der Waals surface area contributed by atoms with Gasteiger partial charge in [-0.05, 0) is 30.3 Å². The van der Waals surface area contributed by atoms with Crippen molar-refractivity contribution in [2.45, 2.75) is 0 Å². The lowest BCUT2D eigenvalue weighted by Gasteiger charge is -2.09. The molecule has 0 atom stereocenters. The number of nitrogens with zero attached hydrogens (tertiary/aromatic N) is 1. The Bertz CT molecular complexity index is 624. The van der Waals surface area contributed by atoms with Crippen LogP contribution in [0.1, 0.15) is 10.4 Å². The van der Waals surface area contributed by atoms with E-state index in [1.165, 1.54) is 0 Å². The summed E-state index contributed by atoms with van der Waals surface area (Å²) in [6, 6.07) is 16.1. The molecule has 0 fully saturated rings. The van der Waals surface area contributed by atoms with E-state index in [2.05, 4.69) is 15.7 Å². The lowest BCUT2D eigenvalue weighted by molar-refractivity contribution is 0.100. The first-order valence-corrected chi connectivity index (χ1v) is 5.96. The molecule has 0 aromatic heterocycles. The van der Waals surface area contributed by atoms with E-state index in [-0.39, 0.29) is 0 Å². The number of carbonyl (C=O) groups is 1. The van der Waals surface area contributed by atoms with Gasteiger partial charge in [-0.25, -0.2) is 10.8 Å². The van der Waals surface area contributed by atoms with Crippen LogP contribution >= 0.6 is 0 Å². The predicted molar refractivity (Wildman–Crippen MR) is 79.4 cm³/mol. The maximum atomic E-state index is 11.1. The van der Waals surface area contributed by atoms with Gasteiger partial charge in [-0.1, -0.05) is 24.3 Å². The van der Waals surface area contributed by atoms with Crippen molar-refractivity contribution in [2.24, 2.45) is 16.6 Å². The summed E-state index contributed by atoms with van der Waals surface area (Å²) in [5.41, 5.74) is 9.52. The maximum Gasteiger partial charge on any atom is 0.248 e. The number of primary amides is 1. The first kappa shape index (κ1) is 13.6. The second kappa shape index (κ2) is 6.35. The van der Waals surface area contributed by atoms with Gasteiger partial charge >= 0.3 is 0 Å². The lowest BCUT2D eigenvalue weighted by Crippen LogP contribution is -2.36. The molecule has 0 radical (unpaired) electrons. The van der Waals surface area contributed by atoms with Gasteiger partial charge in [0.15, 0.2) is 0 Å². The van der Waals surface area contributed by atoms with E-state index in [4.69, 9.17) is 11.6 Å². The van der Waals surface area contributed by atoms with Crippen LogP contribution < -0.4 is 22.3 Å². The van der Waals surface area contributed by atoms with Gasteiger partial charge in [0.2, 0.25) is 11.9 Å². The smallest absolute Gasteiger partial charge is 0.248 e. The Morgan fingerprint density at radius 1 is 1.05 bits per heavy atom. The standard InChI is InChI=1S/C14H15N5O/c15-13(20)10-5-4-8-12(9-10)18-14(19-16)17-11-6-2-1-3-7-11/h1-9H,16H2,(H2,15,20)(H2,17,18,19). The third kappa shape index (κ3) is 3.56. The topological polar surface area (TPSA) is 106 Å². The number of guanidine groups is 1. The normalized spacial score (nSPS) is 10.9. The number of hydrogen-bond acceptors (Lipinski definition) is 3. The highest BCUT2D eigenvalue weighted by Crippen LogP contribution is 2.13. The van der Waals surface area contributed by atoms with Crippen molar-refractivity contribution in [2.75, 3.05) is 5.32 Å². The molecule has 0 heterocycles. The summed E-state index contributed by atoms with van der Waals surface area (Å²) < 4.78 is 0. The molecule has 2 aromatic rings. The zero-order valence-electron chi connectivity index (χ0n) is 10.7. The van der Waals surface area contributed by atoms with Crippen LogP contribution in [0.4, 0.5) is 11.4 Å². The molecular formula is C14H15N5O. The Morgan fingerprint density at radius 2 is 1.80 bits per heavy atom. The van der Waals surface area contributed by atoms with Crippen LogP contribution in [0.2, 0.25) is 0 Å². The van der Waals surface area contributed by atoms with Crippen molar-refractivity contribution >= 4 is 23.2 Å². The average Bonchev–Trinajstić information content (AvgIpc) is 2.48. The Labute approximate surface area is 116 Å². The van der Waals surface area contributed by atoms with Crippen LogP contribution in [0.5, 0.6) is 0 Å². The molecule has 0 aliphatic heterocycles. The molecule has 102 valence electrons. The van der Waals surface area contributed by atoms with Gasteiger partial charge in [0.25, 0.3) is 0 Å². The number of rotatable bonds is 3. The highest BCUT2D eigenvalue weighted by atomic mass is 16.1. The Balaban J connectivity index is 2.20. The average molecular weight is 269 g/mol. The Kier molecular flexibility index (Phi) is 4.31. The summed E-state index contributed by atoms with van der Waals surface area (Å²) in [5.74, 6) is 5.30. The van der Waals surface area contributed by atoms with Crippen LogP contribution in [0.3, 0.4) is 0 Å². The van der Waals surface area contributed by atoms with E-state index in [0.29, 0.717) is 17.2 Å². The van der Waals surface area contributed by atoms with Crippen LogP contribution in [-0.4, -0.2) is 11.9 Å². The van der Waals surface area contributed by atoms with Crippen molar-refractivity contribution in [1.82, 2.24) is 5.43 Å². The maximum absolute atomic E-state index is 11.1. The molecule has 0 aliphatic rings. The molecule has 0 saturated heterocycles. The fourth-order valence-corrected chi connectivity index (χ4v) is 1.61. The summed E-state index contributed by atoms with van der Waals surface area (Å²) >= 11 is 0. The SMILES string of the molecule is NNC(=Nc1ccccc1)Nc1cccc(C(N)=O)c1.